The first-order valence-corrected chi connectivity index (χ1v) is 5.01. The molecule has 1 heterocycles. The fourth-order valence-corrected chi connectivity index (χ4v) is 2.35. The lowest BCUT2D eigenvalue weighted by Crippen LogP contribution is -1.96. The van der Waals surface area contributed by atoms with Gasteiger partial charge in [-0.2, -0.15) is 0 Å². The van der Waals surface area contributed by atoms with Crippen LogP contribution in [0.2, 0.25) is 0 Å². The summed E-state index contributed by atoms with van der Waals surface area (Å²) in [7, 11) is 2.15. The van der Waals surface area contributed by atoms with Crippen molar-refractivity contribution in [3.63, 3.8) is 0 Å². The van der Waals surface area contributed by atoms with Crippen LogP contribution in [-0.2, 0) is 13.5 Å². The third-order valence-corrected chi connectivity index (χ3v) is 3.26. The summed E-state index contributed by atoms with van der Waals surface area (Å²) in [5.74, 6) is 0. The van der Waals surface area contributed by atoms with Crippen LogP contribution < -0.4 is 0 Å². The number of rotatable bonds is 0. The van der Waals surface area contributed by atoms with Gasteiger partial charge in [-0.1, -0.05) is 24.3 Å². The SMILES string of the molecule is Cc1cc2c(n1C)Cc1ccccc1-2. The zero-order valence-electron chi connectivity index (χ0n) is 8.54. The molecular weight excluding hydrogens is 170 g/mol. The maximum absolute atomic E-state index is 2.30. The van der Waals surface area contributed by atoms with Crippen LogP contribution in [0.15, 0.2) is 30.3 Å². The number of hydrogen-bond acceptors (Lipinski definition) is 0. The van der Waals surface area contributed by atoms with E-state index in [2.05, 4.69) is 48.9 Å². The van der Waals surface area contributed by atoms with Gasteiger partial charge in [-0.25, -0.2) is 0 Å². The van der Waals surface area contributed by atoms with Gasteiger partial charge < -0.3 is 4.57 Å². The first kappa shape index (κ1) is 7.86. The van der Waals surface area contributed by atoms with Crippen LogP contribution in [0.5, 0.6) is 0 Å². The Morgan fingerprint density at radius 1 is 1.14 bits per heavy atom. The van der Waals surface area contributed by atoms with Gasteiger partial charge in [-0.05, 0) is 24.1 Å². The molecule has 1 aliphatic rings. The first-order valence-electron chi connectivity index (χ1n) is 5.01. The Morgan fingerprint density at radius 3 is 2.79 bits per heavy atom. The maximum Gasteiger partial charge on any atom is 0.0297 e. The molecule has 0 saturated heterocycles. The minimum Gasteiger partial charge on any atom is -0.351 e. The van der Waals surface area contributed by atoms with E-state index in [9.17, 15) is 0 Å². The number of nitrogens with zero attached hydrogens (tertiary/aromatic N) is 1. The fourth-order valence-electron chi connectivity index (χ4n) is 2.35. The van der Waals surface area contributed by atoms with E-state index in [0.717, 1.165) is 6.42 Å². The van der Waals surface area contributed by atoms with Crippen LogP contribution in [0.1, 0.15) is 17.0 Å². The second kappa shape index (κ2) is 2.50. The summed E-state index contributed by atoms with van der Waals surface area (Å²) in [6.45, 7) is 2.17. The van der Waals surface area contributed by atoms with Crippen molar-refractivity contribution < 1.29 is 0 Å². The van der Waals surface area contributed by atoms with Gasteiger partial charge in [-0.3, -0.25) is 0 Å². The zero-order chi connectivity index (χ0) is 9.71. The molecule has 14 heavy (non-hydrogen) atoms. The van der Waals surface area contributed by atoms with Crippen molar-refractivity contribution in [1.82, 2.24) is 4.57 Å². The summed E-state index contributed by atoms with van der Waals surface area (Å²) in [4.78, 5) is 0. The number of hydrogen-bond donors (Lipinski definition) is 0. The topological polar surface area (TPSA) is 4.93 Å². The van der Waals surface area contributed by atoms with E-state index in [4.69, 9.17) is 0 Å². The second-order valence-electron chi connectivity index (χ2n) is 4.04. The third-order valence-electron chi connectivity index (χ3n) is 3.26. The molecule has 1 aliphatic carbocycles. The lowest BCUT2D eigenvalue weighted by Gasteiger charge is -2.01. The lowest BCUT2D eigenvalue weighted by atomic mass is 10.1. The molecule has 0 saturated carbocycles. The second-order valence-corrected chi connectivity index (χ2v) is 4.04. The molecule has 0 aliphatic heterocycles. The van der Waals surface area contributed by atoms with E-state index in [0.29, 0.717) is 0 Å². The summed E-state index contributed by atoms with van der Waals surface area (Å²) in [6, 6.07) is 11.0. The van der Waals surface area contributed by atoms with Gasteiger partial charge in [0.1, 0.15) is 0 Å². The predicted octanol–water partition coefficient (Wildman–Crippen LogP) is 2.90. The van der Waals surface area contributed by atoms with Gasteiger partial charge in [0.25, 0.3) is 0 Å². The van der Waals surface area contributed by atoms with E-state index < -0.39 is 0 Å². The van der Waals surface area contributed by atoms with Crippen LogP contribution in [-0.4, -0.2) is 4.57 Å². The molecule has 0 unspecified atom stereocenters. The Bertz CT molecular complexity index is 506. The molecule has 0 N–H and O–H groups in total. The zero-order valence-corrected chi connectivity index (χ0v) is 8.54. The van der Waals surface area contributed by atoms with E-state index in [1.165, 1.54) is 28.1 Å². The highest BCUT2D eigenvalue weighted by Crippen LogP contribution is 2.37. The molecule has 1 aromatic heterocycles. The average molecular weight is 183 g/mol. The Balaban J connectivity index is 2.31. The van der Waals surface area contributed by atoms with Crippen molar-refractivity contribution >= 4 is 0 Å². The summed E-state index contributed by atoms with van der Waals surface area (Å²) in [5, 5.41) is 0. The maximum atomic E-state index is 2.30. The molecule has 0 atom stereocenters. The van der Waals surface area contributed by atoms with Crippen molar-refractivity contribution in [2.45, 2.75) is 13.3 Å². The smallest absolute Gasteiger partial charge is 0.0297 e. The molecule has 0 spiro atoms. The third kappa shape index (κ3) is 0.844. The van der Waals surface area contributed by atoms with Gasteiger partial charge in [-0.15, -0.1) is 0 Å². The molecule has 0 radical (unpaired) electrons. The molecule has 2 aromatic rings. The Hall–Kier alpha value is -1.50. The van der Waals surface area contributed by atoms with Gasteiger partial charge >= 0.3 is 0 Å². The molecule has 0 bridgehead atoms. The average Bonchev–Trinajstić information content (AvgIpc) is 2.67. The summed E-state index contributed by atoms with van der Waals surface area (Å²) < 4.78 is 2.30. The quantitative estimate of drug-likeness (QED) is 0.505. The van der Waals surface area contributed by atoms with E-state index in [1.54, 1.807) is 0 Å². The monoisotopic (exact) mass is 183 g/mol. The summed E-state index contributed by atoms with van der Waals surface area (Å²) in [5.41, 5.74) is 7.13. The number of aromatic nitrogens is 1. The van der Waals surface area contributed by atoms with Crippen LogP contribution in [0.4, 0.5) is 0 Å². The van der Waals surface area contributed by atoms with Gasteiger partial charge in [0, 0.05) is 30.4 Å². The Kier molecular flexibility index (Phi) is 1.41. The largest absolute Gasteiger partial charge is 0.351 e. The Morgan fingerprint density at radius 2 is 1.93 bits per heavy atom. The van der Waals surface area contributed by atoms with E-state index >= 15 is 0 Å². The highest BCUT2D eigenvalue weighted by atomic mass is 15.0. The highest BCUT2D eigenvalue weighted by Gasteiger charge is 2.21. The van der Waals surface area contributed by atoms with Gasteiger partial charge in [0.2, 0.25) is 0 Å². The molecule has 3 rings (SSSR count). The standard InChI is InChI=1S/C13H13N/c1-9-7-12-11-6-4-3-5-10(11)8-13(12)14(9)2/h3-7H,8H2,1-2H3. The van der Waals surface area contributed by atoms with E-state index in [-0.39, 0.29) is 0 Å². The molecule has 0 fully saturated rings. The van der Waals surface area contributed by atoms with E-state index in [1.807, 2.05) is 0 Å². The Labute approximate surface area is 84.0 Å². The van der Waals surface area contributed by atoms with Crippen molar-refractivity contribution in [3.8, 4) is 11.1 Å². The van der Waals surface area contributed by atoms with Crippen LogP contribution in [0.25, 0.3) is 11.1 Å². The minimum atomic E-state index is 1.09. The summed E-state index contributed by atoms with van der Waals surface area (Å²) >= 11 is 0. The molecule has 1 nitrogen and oxygen atoms in total. The molecule has 1 heteroatoms. The fraction of sp³-hybridized carbons (Fsp3) is 0.231. The first-order chi connectivity index (χ1) is 6.77. The highest BCUT2D eigenvalue weighted by molar-refractivity contribution is 5.76. The van der Waals surface area contributed by atoms with Crippen molar-refractivity contribution in [1.29, 1.82) is 0 Å². The van der Waals surface area contributed by atoms with Crippen molar-refractivity contribution in [2.75, 3.05) is 0 Å². The molecule has 70 valence electrons. The van der Waals surface area contributed by atoms with Gasteiger partial charge in [0.15, 0.2) is 0 Å². The number of benzene rings is 1. The number of aryl methyl sites for hydroxylation is 1. The molecule has 0 amide bonds. The van der Waals surface area contributed by atoms with Crippen LogP contribution >= 0.6 is 0 Å². The predicted molar refractivity (Wildman–Crippen MR) is 58.4 cm³/mol. The van der Waals surface area contributed by atoms with Crippen LogP contribution in [0, 0.1) is 6.92 Å². The molecular formula is C13H13N. The number of fused-ring (bicyclic) bond motifs is 3. The lowest BCUT2D eigenvalue weighted by molar-refractivity contribution is 0.826. The normalized spacial score (nSPS) is 12.7. The summed E-state index contributed by atoms with van der Waals surface area (Å²) in [6.07, 6.45) is 1.09. The van der Waals surface area contributed by atoms with Crippen molar-refractivity contribution in [2.24, 2.45) is 7.05 Å². The van der Waals surface area contributed by atoms with Gasteiger partial charge in [0.05, 0.1) is 0 Å². The van der Waals surface area contributed by atoms with Crippen LogP contribution in [0.3, 0.4) is 0 Å². The van der Waals surface area contributed by atoms with Crippen molar-refractivity contribution in [3.05, 3.63) is 47.3 Å². The minimum absolute atomic E-state index is 1.09. The molecule has 1 aromatic carbocycles.